The van der Waals surface area contributed by atoms with Crippen molar-refractivity contribution in [3.63, 3.8) is 0 Å². The molecular weight excluding hydrogens is 298 g/mol. The number of nitrogens with zero attached hydrogens (tertiary/aromatic N) is 4. The molecule has 23 heavy (non-hydrogen) atoms. The Morgan fingerprint density at radius 1 is 1.22 bits per heavy atom. The van der Waals surface area contributed by atoms with Crippen LogP contribution in [0.3, 0.4) is 0 Å². The van der Waals surface area contributed by atoms with E-state index < -0.39 is 17.4 Å². The van der Waals surface area contributed by atoms with E-state index in [2.05, 4.69) is 20.8 Å². The molecule has 1 aliphatic rings. The Morgan fingerprint density at radius 2 is 2.00 bits per heavy atom. The minimum Gasteiger partial charge on any atom is -0.480 e. The van der Waals surface area contributed by atoms with E-state index in [4.69, 9.17) is 0 Å². The quantitative estimate of drug-likeness (QED) is 0.876. The standard InChI is InChI=1S/C15H17N5O3/c21-13(17-15(14(22)23)7-2-1-3-8-15)11-5-4-6-12(9-11)20-10-16-18-19-20/h4-6,9-10H,1-3,7-8H2,(H,17,21)(H,22,23). The van der Waals surface area contributed by atoms with Gasteiger partial charge in [0.25, 0.3) is 5.91 Å². The van der Waals surface area contributed by atoms with Crippen LogP contribution in [0.15, 0.2) is 30.6 Å². The van der Waals surface area contributed by atoms with Crippen molar-refractivity contribution >= 4 is 11.9 Å². The SMILES string of the molecule is O=C(NC1(C(=O)O)CCCCC1)c1cccc(-n2cnnn2)c1. The molecule has 0 saturated heterocycles. The number of nitrogens with one attached hydrogen (secondary N) is 1. The van der Waals surface area contributed by atoms with Crippen LogP contribution in [0.25, 0.3) is 5.69 Å². The average molecular weight is 315 g/mol. The number of aromatic nitrogens is 4. The fourth-order valence-corrected chi connectivity index (χ4v) is 2.91. The van der Waals surface area contributed by atoms with Crippen LogP contribution in [0, 0.1) is 0 Å². The molecule has 0 spiro atoms. The van der Waals surface area contributed by atoms with Gasteiger partial charge < -0.3 is 10.4 Å². The topological polar surface area (TPSA) is 110 Å². The Balaban J connectivity index is 1.83. The molecule has 2 N–H and O–H groups in total. The third-order valence-electron chi connectivity index (χ3n) is 4.19. The number of benzene rings is 1. The van der Waals surface area contributed by atoms with Gasteiger partial charge in [0.2, 0.25) is 0 Å². The van der Waals surface area contributed by atoms with Crippen LogP contribution < -0.4 is 5.32 Å². The van der Waals surface area contributed by atoms with Crippen LogP contribution >= 0.6 is 0 Å². The average Bonchev–Trinajstić information content (AvgIpc) is 3.10. The first-order valence-corrected chi connectivity index (χ1v) is 7.50. The van der Waals surface area contributed by atoms with Gasteiger partial charge in [0, 0.05) is 5.56 Å². The highest BCUT2D eigenvalue weighted by molar-refractivity contribution is 5.98. The number of carboxylic acid groups (broad SMARTS) is 1. The van der Waals surface area contributed by atoms with Crippen molar-refractivity contribution in [1.82, 2.24) is 25.5 Å². The van der Waals surface area contributed by atoms with Gasteiger partial charge in [0.1, 0.15) is 11.9 Å². The van der Waals surface area contributed by atoms with Crippen LogP contribution in [-0.4, -0.2) is 42.7 Å². The molecule has 0 aliphatic heterocycles. The Kier molecular flexibility index (Phi) is 4.05. The Hall–Kier alpha value is -2.77. The van der Waals surface area contributed by atoms with Gasteiger partial charge in [-0.2, -0.15) is 0 Å². The highest BCUT2D eigenvalue weighted by Gasteiger charge is 2.41. The lowest BCUT2D eigenvalue weighted by Crippen LogP contribution is -2.55. The molecule has 0 bridgehead atoms. The summed E-state index contributed by atoms with van der Waals surface area (Å²) in [7, 11) is 0. The predicted molar refractivity (Wildman–Crippen MR) is 80.1 cm³/mol. The first kappa shape index (κ1) is 15.1. The summed E-state index contributed by atoms with van der Waals surface area (Å²) in [5, 5.41) is 23.1. The number of amides is 1. The summed E-state index contributed by atoms with van der Waals surface area (Å²) in [6.45, 7) is 0. The molecule has 1 aromatic carbocycles. The van der Waals surface area contributed by atoms with E-state index in [1.165, 1.54) is 11.0 Å². The van der Waals surface area contributed by atoms with Crippen molar-refractivity contribution < 1.29 is 14.7 Å². The number of aliphatic carboxylic acids is 1. The van der Waals surface area contributed by atoms with E-state index in [1.54, 1.807) is 24.3 Å². The first-order chi connectivity index (χ1) is 11.1. The smallest absolute Gasteiger partial charge is 0.329 e. The van der Waals surface area contributed by atoms with Gasteiger partial charge in [0.15, 0.2) is 0 Å². The summed E-state index contributed by atoms with van der Waals surface area (Å²) in [6, 6.07) is 6.74. The van der Waals surface area contributed by atoms with Gasteiger partial charge in [-0.1, -0.05) is 25.3 Å². The zero-order valence-electron chi connectivity index (χ0n) is 12.5. The fraction of sp³-hybridized carbons (Fsp3) is 0.400. The Morgan fingerprint density at radius 3 is 2.65 bits per heavy atom. The van der Waals surface area contributed by atoms with Gasteiger partial charge in [-0.15, -0.1) is 5.10 Å². The molecule has 0 radical (unpaired) electrons. The number of rotatable bonds is 4. The van der Waals surface area contributed by atoms with Gasteiger partial charge in [-0.05, 0) is 41.5 Å². The van der Waals surface area contributed by atoms with Gasteiger partial charge in [-0.3, -0.25) is 4.79 Å². The highest BCUT2D eigenvalue weighted by atomic mass is 16.4. The van der Waals surface area contributed by atoms with E-state index in [0.29, 0.717) is 24.1 Å². The number of tetrazole rings is 1. The number of hydrogen-bond donors (Lipinski definition) is 2. The minimum absolute atomic E-state index is 0.379. The van der Waals surface area contributed by atoms with Crippen molar-refractivity contribution in [2.45, 2.75) is 37.6 Å². The summed E-state index contributed by atoms with van der Waals surface area (Å²) in [6.07, 6.45) is 4.95. The molecule has 3 rings (SSSR count). The van der Waals surface area contributed by atoms with Crippen LogP contribution in [0.1, 0.15) is 42.5 Å². The van der Waals surface area contributed by atoms with Crippen molar-refractivity contribution in [2.75, 3.05) is 0 Å². The molecule has 1 heterocycles. The molecule has 120 valence electrons. The van der Waals surface area contributed by atoms with Gasteiger partial charge in [-0.25, -0.2) is 9.48 Å². The molecular formula is C15H17N5O3. The molecule has 1 saturated carbocycles. The largest absolute Gasteiger partial charge is 0.480 e. The second-order valence-electron chi connectivity index (χ2n) is 5.71. The molecule has 1 fully saturated rings. The lowest BCUT2D eigenvalue weighted by molar-refractivity contribution is -0.145. The second kappa shape index (κ2) is 6.15. The third kappa shape index (κ3) is 3.05. The van der Waals surface area contributed by atoms with Crippen molar-refractivity contribution in [1.29, 1.82) is 0 Å². The summed E-state index contributed by atoms with van der Waals surface area (Å²) in [5.41, 5.74) is -0.153. The van der Waals surface area contributed by atoms with E-state index in [9.17, 15) is 14.7 Å². The number of carbonyl (C=O) groups is 2. The summed E-state index contributed by atoms with van der Waals surface area (Å²) in [4.78, 5) is 24.2. The van der Waals surface area contributed by atoms with Crippen LogP contribution in [0.4, 0.5) is 0 Å². The van der Waals surface area contributed by atoms with Crippen molar-refractivity contribution in [2.24, 2.45) is 0 Å². The van der Waals surface area contributed by atoms with Gasteiger partial charge >= 0.3 is 5.97 Å². The fourth-order valence-electron chi connectivity index (χ4n) is 2.91. The van der Waals surface area contributed by atoms with E-state index in [1.807, 2.05) is 0 Å². The first-order valence-electron chi connectivity index (χ1n) is 7.50. The van der Waals surface area contributed by atoms with Gasteiger partial charge in [0.05, 0.1) is 5.69 Å². The second-order valence-corrected chi connectivity index (χ2v) is 5.71. The van der Waals surface area contributed by atoms with Crippen molar-refractivity contribution in [3.8, 4) is 5.69 Å². The maximum atomic E-state index is 12.5. The Labute approximate surface area is 132 Å². The molecule has 0 unspecified atom stereocenters. The normalized spacial score (nSPS) is 16.7. The van der Waals surface area contributed by atoms with E-state index >= 15 is 0 Å². The van der Waals surface area contributed by atoms with E-state index in [-0.39, 0.29) is 0 Å². The summed E-state index contributed by atoms with van der Waals surface area (Å²) >= 11 is 0. The molecule has 1 aromatic heterocycles. The van der Waals surface area contributed by atoms with Crippen molar-refractivity contribution in [3.05, 3.63) is 36.2 Å². The maximum Gasteiger partial charge on any atom is 0.329 e. The Bertz CT molecular complexity index is 708. The molecule has 8 heteroatoms. The molecule has 0 atom stereocenters. The molecule has 1 amide bonds. The number of hydrogen-bond acceptors (Lipinski definition) is 5. The molecule has 2 aromatic rings. The lowest BCUT2D eigenvalue weighted by Gasteiger charge is -2.34. The summed E-state index contributed by atoms with van der Waals surface area (Å²) < 4.78 is 1.43. The maximum absolute atomic E-state index is 12.5. The zero-order chi connectivity index (χ0) is 16.3. The molecule has 8 nitrogen and oxygen atoms in total. The van der Waals surface area contributed by atoms with Crippen LogP contribution in [0.2, 0.25) is 0 Å². The third-order valence-corrected chi connectivity index (χ3v) is 4.19. The predicted octanol–water partition coefficient (Wildman–Crippen LogP) is 1.18. The monoisotopic (exact) mass is 315 g/mol. The minimum atomic E-state index is -1.17. The number of carbonyl (C=O) groups excluding carboxylic acids is 1. The summed E-state index contributed by atoms with van der Waals surface area (Å²) in [5.74, 6) is -1.37. The zero-order valence-corrected chi connectivity index (χ0v) is 12.5. The van der Waals surface area contributed by atoms with Crippen LogP contribution in [0.5, 0.6) is 0 Å². The molecule has 1 aliphatic carbocycles. The lowest BCUT2D eigenvalue weighted by atomic mass is 9.81. The van der Waals surface area contributed by atoms with E-state index in [0.717, 1.165) is 19.3 Å². The highest BCUT2D eigenvalue weighted by Crippen LogP contribution is 2.29. The van der Waals surface area contributed by atoms with Crippen LogP contribution in [-0.2, 0) is 4.79 Å². The number of carboxylic acids is 1.